The summed E-state index contributed by atoms with van der Waals surface area (Å²) in [5.74, 6) is 1.84. The number of aryl methyl sites for hydroxylation is 1. The van der Waals surface area contributed by atoms with Crippen LogP contribution in [0.4, 0.5) is 0 Å². The number of rotatable bonds is 7. The second kappa shape index (κ2) is 12.6. The largest absolute Gasteiger partial charge is 0.492 e. The minimum atomic E-state index is 0. The molecule has 29 heavy (non-hydrogen) atoms. The number of thiazole rings is 1. The molecule has 3 rings (SSSR count). The van der Waals surface area contributed by atoms with Gasteiger partial charge in [-0.1, -0.05) is 11.6 Å². The number of ether oxygens (including phenoxy) is 1. The number of nitrogens with one attached hydrogen (secondary N) is 1. The van der Waals surface area contributed by atoms with E-state index in [9.17, 15) is 0 Å². The lowest BCUT2D eigenvalue weighted by atomic mass is 10.3. The normalized spacial score (nSPS) is 15.1. The van der Waals surface area contributed by atoms with Crippen LogP contribution in [-0.2, 0) is 6.42 Å². The van der Waals surface area contributed by atoms with Crippen molar-refractivity contribution in [1.82, 2.24) is 20.1 Å². The van der Waals surface area contributed by atoms with Gasteiger partial charge >= 0.3 is 0 Å². The van der Waals surface area contributed by atoms with Gasteiger partial charge in [-0.3, -0.25) is 9.89 Å². The highest BCUT2D eigenvalue weighted by Gasteiger charge is 2.19. The van der Waals surface area contributed by atoms with Crippen molar-refractivity contribution >= 4 is 52.9 Å². The summed E-state index contributed by atoms with van der Waals surface area (Å²) in [5, 5.41) is 5.37. The Kier molecular flexibility index (Phi) is 10.5. The summed E-state index contributed by atoms with van der Waals surface area (Å²) in [4.78, 5) is 14.9. The zero-order valence-electron chi connectivity index (χ0n) is 16.9. The summed E-state index contributed by atoms with van der Waals surface area (Å²) >= 11 is 7.66. The molecule has 0 unspecified atom stereocenters. The Bertz CT molecular complexity index is 762. The Balaban J connectivity index is 0.00000300. The maximum absolute atomic E-state index is 5.90. The molecule has 0 radical (unpaired) electrons. The van der Waals surface area contributed by atoms with Gasteiger partial charge in [0.25, 0.3) is 0 Å². The number of aromatic nitrogens is 1. The van der Waals surface area contributed by atoms with Gasteiger partial charge in [-0.15, -0.1) is 35.3 Å². The van der Waals surface area contributed by atoms with E-state index in [2.05, 4.69) is 32.0 Å². The molecule has 6 nitrogen and oxygen atoms in total. The van der Waals surface area contributed by atoms with Crippen molar-refractivity contribution in [2.75, 3.05) is 52.9 Å². The van der Waals surface area contributed by atoms with E-state index in [-0.39, 0.29) is 24.0 Å². The van der Waals surface area contributed by atoms with E-state index in [1.165, 1.54) is 9.88 Å². The third kappa shape index (κ3) is 7.92. The third-order valence-electron chi connectivity index (χ3n) is 4.66. The fourth-order valence-electron chi connectivity index (χ4n) is 3.14. The van der Waals surface area contributed by atoms with Crippen LogP contribution >= 0.6 is 46.9 Å². The summed E-state index contributed by atoms with van der Waals surface area (Å²) in [6.45, 7) is 8.51. The molecule has 1 fully saturated rings. The van der Waals surface area contributed by atoms with E-state index in [0.717, 1.165) is 62.4 Å². The number of nitrogens with zero attached hydrogens (tertiary/aromatic N) is 4. The maximum Gasteiger partial charge on any atom is 0.193 e. The van der Waals surface area contributed by atoms with E-state index in [1.54, 1.807) is 11.3 Å². The van der Waals surface area contributed by atoms with E-state index in [1.807, 2.05) is 37.5 Å². The lowest BCUT2D eigenvalue weighted by Gasteiger charge is -2.36. The van der Waals surface area contributed by atoms with Crippen LogP contribution in [0.1, 0.15) is 9.88 Å². The number of aliphatic imine (C=N–C) groups is 1. The third-order valence-corrected chi connectivity index (χ3v) is 5.89. The number of halogens is 2. The molecule has 1 N–H and O–H groups in total. The van der Waals surface area contributed by atoms with Crippen molar-refractivity contribution in [2.45, 2.75) is 13.3 Å². The number of piperazine rings is 1. The monoisotopic (exact) mass is 549 g/mol. The first-order valence-corrected chi connectivity index (χ1v) is 10.8. The molecule has 2 heterocycles. The molecule has 1 aromatic carbocycles. The fourth-order valence-corrected chi connectivity index (χ4v) is 4.05. The molecule has 1 aliphatic rings. The van der Waals surface area contributed by atoms with Gasteiger partial charge in [-0.05, 0) is 31.2 Å². The summed E-state index contributed by atoms with van der Waals surface area (Å²) in [6.07, 6.45) is 2.87. The first-order chi connectivity index (χ1) is 13.6. The second-order valence-corrected chi connectivity index (χ2v) is 8.48. The average molecular weight is 550 g/mol. The Morgan fingerprint density at radius 1 is 1.24 bits per heavy atom. The van der Waals surface area contributed by atoms with Gasteiger partial charge in [0.05, 0.1) is 5.01 Å². The highest BCUT2D eigenvalue weighted by atomic mass is 127. The van der Waals surface area contributed by atoms with Crippen LogP contribution in [0.2, 0.25) is 5.02 Å². The molecule has 160 valence electrons. The lowest BCUT2D eigenvalue weighted by molar-refractivity contribution is 0.152. The molecule has 0 amide bonds. The van der Waals surface area contributed by atoms with E-state index < -0.39 is 0 Å². The minimum absolute atomic E-state index is 0. The second-order valence-electron chi connectivity index (χ2n) is 6.72. The predicted molar refractivity (Wildman–Crippen MR) is 132 cm³/mol. The van der Waals surface area contributed by atoms with Gasteiger partial charge in [0.2, 0.25) is 0 Å². The molecule has 0 spiro atoms. The van der Waals surface area contributed by atoms with Crippen molar-refractivity contribution in [3.05, 3.63) is 45.4 Å². The zero-order chi connectivity index (χ0) is 19.8. The Morgan fingerprint density at radius 2 is 1.97 bits per heavy atom. The van der Waals surface area contributed by atoms with Crippen molar-refractivity contribution in [1.29, 1.82) is 0 Å². The van der Waals surface area contributed by atoms with Crippen LogP contribution in [0, 0.1) is 6.92 Å². The summed E-state index contributed by atoms with van der Waals surface area (Å²) in [7, 11) is 1.85. The van der Waals surface area contributed by atoms with Gasteiger partial charge in [-0.2, -0.15) is 0 Å². The van der Waals surface area contributed by atoms with Gasteiger partial charge in [0.1, 0.15) is 12.4 Å². The van der Waals surface area contributed by atoms with Crippen molar-refractivity contribution < 1.29 is 4.74 Å². The van der Waals surface area contributed by atoms with E-state index in [0.29, 0.717) is 6.61 Å². The molecule has 0 bridgehead atoms. The molecular formula is C20H29ClIN5OS. The van der Waals surface area contributed by atoms with Crippen molar-refractivity contribution in [2.24, 2.45) is 4.99 Å². The average Bonchev–Trinajstić information content (AvgIpc) is 3.13. The molecule has 1 aromatic heterocycles. The lowest BCUT2D eigenvalue weighted by Crippen LogP contribution is -2.53. The van der Waals surface area contributed by atoms with Crippen LogP contribution in [0.15, 0.2) is 35.5 Å². The van der Waals surface area contributed by atoms with Crippen molar-refractivity contribution in [3.8, 4) is 5.75 Å². The van der Waals surface area contributed by atoms with Gasteiger partial charge in [-0.25, -0.2) is 4.98 Å². The quantitative estimate of drug-likeness (QED) is 0.325. The highest BCUT2D eigenvalue weighted by molar-refractivity contribution is 14.0. The van der Waals surface area contributed by atoms with Gasteiger partial charge in [0.15, 0.2) is 5.96 Å². The van der Waals surface area contributed by atoms with Crippen LogP contribution < -0.4 is 10.1 Å². The number of guanidine groups is 1. The molecule has 0 atom stereocenters. The van der Waals surface area contributed by atoms with Crippen LogP contribution in [0.3, 0.4) is 0 Å². The van der Waals surface area contributed by atoms with Crippen LogP contribution in [-0.4, -0.2) is 73.7 Å². The Morgan fingerprint density at radius 3 is 2.59 bits per heavy atom. The summed E-state index contributed by atoms with van der Waals surface area (Å²) in [5.41, 5.74) is 0. The SMILES string of the molecule is CN=C(NCCc1ncc(C)s1)N1CCN(CCOc2ccc(Cl)cc2)CC1.I. The summed E-state index contributed by atoms with van der Waals surface area (Å²) in [6, 6.07) is 7.51. The highest BCUT2D eigenvalue weighted by Crippen LogP contribution is 2.15. The predicted octanol–water partition coefficient (Wildman–Crippen LogP) is 3.54. The maximum atomic E-state index is 5.90. The minimum Gasteiger partial charge on any atom is -0.492 e. The Labute approximate surface area is 199 Å². The van der Waals surface area contributed by atoms with Gasteiger partial charge in [0, 0.05) is 68.8 Å². The molecule has 9 heteroatoms. The Hall–Kier alpha value is -1.10. The molecule has 2 aromatic rings. The fraction of sp³-hybridized carbons (Fsp3) is 0.500. The first-order valence-electron chi connectivity index (χ1n) is 9.61. The number of benzene rings is 1. The van der Waals surface area contributed by atoms with Gasteiger partial charge < -0.3 is 15.0 Å². The van der Waals surface area contributed by atoms with Crippen LogP contribution in [0.5, 0.6) is 5.75 Å². The molecule has 0 aliphatic carbocycles. The topological polar surface area (TPSA) is 53.0 Å². The molecule has 1 aliphatic heterocycles. The number of hydrogen-bond donors (Lipinski definition) is 1. The van der Waals surface area contributed by atoms with Crippen molar-refractivity contribution in [3.63, 3.8) is 0 Å². The van der Waals surface area contributed by atoms with E-state index in [4.69, 9.17) is 16.3 Å². The summed E-state index contributed by atoms with van der Waals surface area (Å²) < 4.78 is 5.80. The smallest absolute Gasteiger partial charge is 0.193 e. The number of hydrogen-bond acceptors (Lipinski definition) is 5. The zero-order valence-corrected chi connectivity index (χ0v) is 20.8. The molecule has 0 saturated carbocycles. The van der Waals surface area contributed by atoms with E-state index >= 15 is 0 Å². The van der Waals surface area contributed by atoms with Crippen LogP contribution in [0.25, 0.3) is 0 Å². The molecular weight excluding hydrogens is 521 g/mol. The standard InChI is InChI=1S/C20H28ClN5OS.HI/c1-16-15-24-19(28-16)7-8-23-20(22-2)26-11-9-25(10-12-26)13-14-27-18-5-3-17(21)4-6-18;/h3-6,15H,7-14H2,1-2H3,(H,22,23);1H. The first kappa shape index (κ1) is 24.2. The molecule has 1 saturated heterocycles.